The molecule has 0 bridgehead atoms. The van der Waals surface area contributed by atoms with Crippen LogP contribution in [0.1, 0.15) is 34.5 Å². The Bertz CT molecular complexity index is 901. The van der Waals surface area contributed by atoms with Crippen LogP contribution in [0.5, 0.6) is 0 Å². The lowest BCUT2D eigenvalue weighted by Gasteiger charge is -2.12. The normalized spacial score (nSPS) is 13.7. The van der Waals surface area contributed by atoms with Crippen LogP contribution in [0.4, 0.5) is 4.79 Å². The maximum absolute atomic E-state index is 12.2. The molecule has 0 unspecified atom stereocenters. The van der Waals surface area contributed by atoms with Crippen LogP contribution in [0.3, 0.4) is 0 Å². The number of hydrogen-bond acceptors (Lipinski definition) is 4. The molecule has 3 rings (SSSR count). The molecule has 8 heteroatoms. The number of urea groups is 1. The van der Waals surface area contributed by atoms with Crippen molar-refractivity contribution in [2.75, 3.05) is 19.6 Å². The van der Waals surface area contributed by atoms with Crippen LogP contribution in [0, 0.1) is 20.8 Å². The number of aryl methyl sites for hydroxylation is 2. The molecule has 0 spiro atoms. The Balaban J connectivity index is 1.50. The van der Waals surface area contributed by atoms with Gasteiger partial charge in [0.15, 0.2) is 0 Å². The minimum absolute atomic E-state index is 0.0257. The zero-order valence-electron chi connectivity index (χ0n) is 17.1. The van der Waals surface area contributed by atoms with Gasteiger partial charge in [-0.2, -0.15) is 5.10 Å². The Hall–Kier alpha value is -3.16. The lowest BCUT2D eigenvalue weighted by atomic mass is 10.1. The smallest absolute Gasteiger partial charge is 0.324 e. The molecule has 2 aromatic rings. The maximum Gasteiger partial charge on any atom is 0.324 e. The molecule has 8 nitrogen and oxygen atoms in total. The predicted molar refractivity (Wildman–Crippen MR) is 108 cm³/mol. The number of aromatic nitrogens is 2. The maximum atomic E-state index is 12.2. The lowest BCUT2D eigenvalue weighted by molar-refractivity contribution is -0.126. The summed E-state index contributed by atoms with van der Waals surface area (Å²) in [5.74, 6) is -0.376. The van der Waals surface area contributed by atoms with Gasteiger partial charge in [-0.15, -0.1) is 0 Å². The number of nitrogens with zero attached hydrogens (tertiary/aromatic N) is 3. The molecule has 2 heterocycles. The van der Waals surface area contributed by atoms with E-state index in [4.69, 9.17) is 0 Å². The van der Waals surface area contributed by atoms with E-state index < -0.39 is 6.03 Å². The summed E-state index contributed by atoms with van der Waals surface area (Å²) >= 11 is 0. The minimum atomic E-state index is -0.406. The monoisotopic (exact) mass is 397 g/mol. The van der Waals surface area contributed by atoms with Gasteiger partial charge in [0.2, 0.25) is 11.8 Å². The summed E-state index contributed by atoms with van der Waals surface area (Å²) in [6.45, 7) is 7.21. The van der Waals surface area contributed by atoms with Gasteiger partial charge >= 0.3 is 6.03 Å². The molecule has 1 aromatic heterocycles. The van der Waals surface area contributed by atoms with Gasteiger partial charge in [-0.25, -0.2) is 4.79 Å². The highest BCUT2D eigenvalue weighted by molar-refractivity contribution is 6.01. The van der Waals surface area contributed by atoms with Gasteiger partial charge < -0.3 is 10.6 Å². The van der Waals surface area contributed by atoms with E-state index in [0.29, 0.717) is 19.4 Å². The number of nitrogens with one attached hydrogen (secondary N) is 2. The Morgan fingerprint density at radius 1 is 1.17 bits per heavy atom. The second-order valence-corrected chi connectivity index (χ2v) is 7.35. The van der Waals surface area contributed by atoms with Crippen molar-refractivity contribution in [2.24, 2.45) is 0 Å². The van der Waals surface area contributed by atoms with Gasteiger partial charge in [-0.3, -0.25) is 19.2 Å². The van der Waals surface area contributed by atoms with Gasteiger partial charge in [0.25, 0.3) is 0 Å². The standard InChI is InChI=1S/C21H27N5O3/c1-14-4-6-17(7-5-14)13-26-16(3)18(15(2)24-26)8-9-19(27)22-10-11-25-20(28)12-23-21(25)29/h4-7H,8-13H2,1-3H3,(H,22,27)(H,23,29). The van der Waals surface area contributed by atoms with E-state index >= 15 is 0 Å². The van der Waals surface area contributed by atoms with E-state index in [-0.39, 0.29) is 31.4 Å². The van der Waals surface area contributed by atoms with Crippen molar-refractivity contribution in [1.29, 1.82) is 0 Å². The largest absolute Gasteiger partial charge is 0.354 e. The van der Waals surface area contributed by atoms with Crippen LogP contribution in [-0.4, -0.2) is 52.2 Å². The highest BCUT2D eigenvalue weighted by atomic mass is 16.2. The fourth-order valence-electron chi connectivity index (χ4n) is 3.43. The average molecular weight is 397 g/mol. The van der Waals surface area contributed by atoms with Crippen LogP contribution in [0.25, 0.3) is 0 Å². The zero-order chi connectivity index (χ0) is 21.0. The third-order valence-corrected chi connectivity index (χ3v) is 5.18. The fraction of sp³-hybridized carbons (Fsp3) is 0.429. The first-order valence-corrected chi connectivity index (χ1v) is 9.78. The minimum Gasteiger partial charge on any atom is -0.354 e. The van der Waals surface area contributed by atoms with Crippen molar-refractivity contribution in [3.8, 4) is 0 Å². The van der Waals surface area contributed by atoms with Gasteiger partial charge in [0, 0.05) is 25.2 Å². The zero-order valence-corrected chi connectivity index (χ0v) is 17.1. The second kappa shape index (κ2) is 8.89. The first kappa shape index (κ1) is 20.6. The summed E-state index contributed by atoms with van der Waals surface area (Å²) in [5, 5.41) is 9.86. The molecule has 4 amide bonds. The Labute approximate surface area is 170 Å². The van der Waals surface area contributed by atoms with Crippen molar-refractivity contribution in [3.63, 3.8) is 0 Å². The van der Waals surface area contributed by atoms with Gasteiger partial charge in [-0.05, 0) is 38.3 Å². The lowest BCUT2D eigenvalue weighted by Crippen LogP contribution is -2.38. The van der Waals surface area contributed by atoms with Crippen molar-refractivity contribution in [2.45, 2.75) is 40.2 Å². The second-order valence-electron chi connectivity index (χ2n) is 7.35. The van der Waals surface area contributed by atoms with Crippen molar-refractivity contribution in [3.05, 3.63) is 52.3 Å². The molecule has 0 atom stereocenters. The number of carbonyl (C=O) groups is 3. The number of imide groups is 1. The highest BCUT2D eigenvalue weighted by Gasteiger charge is 2.27. The van der Waals surface area contributed by atoms with Crippen LogP contribution < -0.4 is 10.6 Å². The molecule has 1 fully saturated rings. The van der Waals surface area contributed by atoms with Gasteiger partial charge in [0.1, 0.15) is 0 Å². The molecule has 0 radical (unpaired) electrons. The molecule has 1 aliphatic heterocycles. The molecule has 1 aliphatic rings. The van der Waals surface area contributed by atoms with E-state index in [0.717, 1.165) is 21.9 Å². The third kappa shape index (κ3) is 5.01. The molecule has 0 saturated carbocycles. The van der Waals surface area contributed by atoms with Crippen molar-refractivity contribution < 1.29 is 14.4 Å². The third-order valence-electron chi connectivity index (χ3n) is 5.18. The molecular formula is C21H27N5O3. The quantitative estimate of drug-likeness (QED) is 0.659. The van der Waals surface area contributed by atoms with Gasteiger partial charge in [-0.1, -0.05) is 29.8 Å². The van der Waals surface area contributed by atoms with E-state index in [9.17, 15) is 14.4 Å². The molecule has 154 valence electrons. The van der Waals surface area contributed by atoms with Crippen LogP contribution >= 0.6 is 0 Å². The van der Waals surface area contributed by atoms with Crippen LogP contribution in [0.2, 0.25) is 0 Å². The van der Waals surface area contributed by atoms with E-state index in [1.54, 1.807) is 0 Å². The number of amides is 4. The summed E-state index contributed by atoms with van der Waals surface area (Å²) in [7, 11) is 0. The molecule has 1 aromatic carbocycles. The number of rotatable bonds is 8. The van der Waals surface area contributed by atoms with Crippen LogP contribution in [0.15, 0.2) is 24.3 Å². The Kier molecular flexibility index (Phi) is 6.31. The number of benzene rings is 1. The Morgan fingerprint density at radius 2 is 1.90 bits per heavy atom. The van der Waals surface area contributed by atoms with Gasteiger partial charge in [0.05, 0.1) is 18.8 Å². The fourth-order valence-corrected chi connectivity index (χ4v) is 3.43. The van der Waals surface area contributed by atoms with E-state index in [1.165, 1.54) is 11.1 Å². The summed E-state index contributed by atoms with van der Waals surface area (Å²) in [5.41, 5.74) is 5.49. The van der Waals surface area contributed by atoms with Crippen molar-refractivity contribution >= 4 is 17.8 Å². The molecule has 29 heavy (non-hydrogen) atoms. The summed E-state index contributed by atoms with van der Waals surface area (Å²) in [6.07, 6.45) is 0.929. The molecular weight excluding hydrogens is 370 g/mol. The van der Waals surface area contributed by atoms with E-state index in [2.05, 4.69) is 46.9 Å². The summed E-state index contributed by atoms with van der Waals surface area (Å²) in [6, 6.07) is 7.97. The SMILES string of the molecule is Cc1ccc(Cn2nc(C)c(CCC(=O)NCCN3C(=O)CNC3=O)c2C)cc1. The summed E-state index contributed by atoms with van der Waals surface area (Å²) < 4.78 is 1.98. The summed E-state index contributed by atoms with van der Waals surface area (Å²) in [4.78, 5) is 36.3. The molecule has 1 saturated heterocycles. The average Bonchev–Trinajstić information content (AvgIpc) is 3.14. The molecule has 0 aliphatic carbocycles. The molecule has 2 N–H and O–H groups in total. The highest BCUT2D eigenvalue weighted by Crippen LogP contribution is 2.17. The van der Waals surface area contributed by atoms with Crippen LogP contribution in [-0.2, 0) is 22.6 Å². The first-order chi connectivity index (χ1) is 13.8. The number of carbonyl (C=O) groups excluding carboxylic acids is 3. The van der Waals surface area contributed by atoms with Crippen molar-refractivity contribution in [1.82, 2.24) is 25.3 Å². The first-order valence-electron chi connectivity index (χ1n) is 9.78. The predicted octanol–water partition coefficient (Wildman–Crippen LogP) is 1.46. The number of hydrogen-bond donors (Lipinski definition) is 2. The topological polar surface area (TPSA) is 96.3 Å². The Morgan fingerprint density at radius 3 is 2.55 bits per heavy atom. The van der Waals surface area contributed by atoms with E-state index in [1.807, 2.05) is 18.5 Å².